The predicted molar refractivity (Wildman–Crippen MR) is 147 cm³/mol. The van der Waals surface area contributed by atoms with Gasteiger partial charge in [0.05, 0.1) is 12.6 Å². The van der Waals surface area contributed by atoms with Gasteiger partial charge in [-0.05, 0) is 67.4 Å². The summed E-state index contributed by atoms with van der Waals surface area (Å²) in [5.74, 6) is -0.547. The van der Waals surface area contributed by atoms with E-state index in [-0.39, 0.29) is 24.8 Å². The Morgan fingerprint density at radius 3 is 2.57 bits per heavy atom. The number of hydrogen-bond donors (Lipinski definition) is 3. The van der Waals surface area contributed by atoms with Crippen LogP contribution in [0.15, 0.2) is 65.1 Å². The van der Waals surface area contributed by atoms with E-state index >= 15 is 0 Å². The van der Waals surface area contributed by atoms with Crippen molar-refractivity contribution in [2.45, 2.75) is 43.2 Å². The van der Waals surface area contributed by atoms with Crippen LogP contribution < -0.4 is 15.4 Å². The molecule has 3 aromatic carbocycles. The lowest BCUT2D eigenvalue weighted by Gasteiger charge is -2.47. The molecule has 5 rings (SSSR count). The average Bonchev–Trinajstić information content (AvgIpc) is 3.12. The highest BCUT2D eigenvalue weighted by atomic mass is 79.9. The Balaban J connectivity index is 1.80. The number of hydrogen-bond acceptors (Lipinski definition) is 4. The molecule has 2 aliphatic rings. The van der Waals surface area contributed by atoms with Crippen LogP contribution in [-0.4, -0.2) is 29.1 Å². The summed E-state index contributed by atoms with van der Waals surface area (Å²) in [4.78, 5) is 27.5. The average molecular weight is 604 g/mol. The summed E-state index contributed by atoms with van der Waals surface area (Å²) in [5.41, 5.74) is 0.570. The maximum atomic E-state index is 14.2. The number of halogens is 3. The van der Waals surface area contributed by atoms with Gasteiger partial charge in [0.15, 0.2) is 0 Å². The zero-order chi connectivity index (χ0) is 26.5. The molecule has 2 aliphatic heterocycles. The molecule has 1 saturated heterocycles. The van der Waals surface area contributed by atoms with Gasteiger partial charge >= 0.3 is 0 Å². The van der Waals surface area contributed by atoms with Gasteiger partial charge in [-0.15, -0.1) is 0 Å². The van der Waals surface area contributed by atoms with Crippen LogP contribution >= 0.6 is 39.1 Å². The van der Waals surface area contributed by atoms with E-state index in [1.165, 1.54) is 0 Å². The Hall–Kier alpha value is -2.58. The van der Waals surface area contributed by atoms with Gasteiger partial charge < -0.3 is 20.5 Å². The molecule has 0 saturated carbocycles. The number of carbonyl (C=O) groups is 2. The van der Waals surface area contributed by atoms with Crippen molar-refractivity contribution in [1.29, 1.82) is 0 Å². The molecule has 1 spiro atoms. The lowest BCUT2D eigenvalue weighted by atomic mass is 9.59. The van der Waals surface area contributed by atoms with E-state index < -0.39 is 23.0 Å². The Morgan fingerprint density at radius 2 is 1.84 bits per heavy atom. The van der Waals surface area contributed by atoms with Gasteiger partial charge in [-0.2, -0.15) is 0 Å². The predicted octanol–water partition coefficient (Wildman–Crippen LogP) is 6.14. The normalized spacial score (nSPS) is 23.0. The molecule has 3 aromatic rings. The molecular weight excluding hydrogens is 579 g/mol. The number of carbonyl (C=O) groups excluding carboxylic acids is 2. The maximum absolute atomic E-state index is 14.2. The number of fused-ring (bicyclic) bond motifs is 2. The van der Waals surface area contributed by atoms with E-state index in [0.717, 1.165) is 15.6 Å². The third kappa shape index (κ3) is 4.52. The quantitative estimate of drug-likeness (QED) is 0.327. The van der Waals surface area contributed by atoms with Gasteiger partial charge in [0.2, 0.25) is 11.8 Å². The zero-order valence-electron chi connectivity index (χ0n) is 20.1. The van der Waals surface area contributed by atoms with Crippen molar-refractivity contribution in [2.75, 3.05) is 11.9 Å². The summed E-state index contributed by atoms with van der Waals surface area (Å²) < 4.78 is 6.99. The van der Waals surface area contributed by atoms with Crippen molar-refractivity contribution in [3.05, 3.63) is 91.9 Å². The first kappa shape index (κ1) is 26.0. The van der Waals surface area contributed by atoms with Crippen molar-refractivity contribution >= 4 is 56.6 Å². The van der Waals surface area contributed by atoms with Gasteiger partial charge in [-0.25, -0.2) is 0 Å². The van der Waals surface area contributed by atoms with Crippen LogP contribution in [0.2, 0.25) is 10.0 Å². The third-order valence-corrected chi connectivity index (χ3v) is 8.02. The van der Waals surface area contributed by atoms with Crippen molar-refractivity contribution in [3.63, 3.8) is 0 Å². The fourth-order valence-electron chi connectivity index (χ4n) is 5.44. The van der Waals surface area contributed by atoms with Crippen LogP contribution in [0.5, 0.6) is 5.75 Å². The summed E-state index contributed by atoms with van der Waals surface area (Å²) in [6.45, 7) is 3.31. The molecule has 0 bridgehead atoms. The molecule has 3 N–H and O–H groups in total. The first-order valence-electron chi connectivity index (χ1n) is 11.8. The van der Waals surface area contributed by atoms with Crippen LogP contribution in [0.3, 0.4) is 0 Å². The number of aliphatic hydroxyl groups excluding tert-OH is 1. The lowest BCUT2D eigenvalue weighted by molar-refractivity contribution is -0.131. The minimum atomic E-state index is -1.24. The third-order valence-electron chi connectivity index (χ3n) is 7.05. The van der Waals surface area contributed by atoms with Crippen LogP contribution in [0.1, 0.15) is 48.9 Å². The smallest absolute Gasteiger partial charge is 0.238 e. The summed E-state index contributed by atoms with van der Waals surface area (Å²) in [6.07, 6.45) is 0.0820. The number of aliphatic hydroxyl groups is 1. The molecule has 192 valence electrons. The highest BCUT2D eigenvalue weighted by Gasteiger charge is 2.61. The second kappa shape index (κ2) is 9.62. The molecule has 0 aliphatic carbocycles. The summed E-state index contributed by atoms with van der Waals surface area (Å²) >= 11 is 16.2. The highest BCUT2D eigenvalue weighted by Crippen LogP contribution is 2.58. The molecule has 9 heteroatoms. The second-order valence-corrected chi connectivity index (χ2v) is 11.8. The van der Waals surface area contributed by atoms with Crippen molar-refractivity contribution in [3.8, 4) is 5.75 Å². The second-order valence-electron chi connectivity index (χ2n) is 10.0. The minimum Gasteiger partial charge on any atom is -0.485 e. The lowest BCUT2D eigenvalue weighted by Crippen LogP contribution is -2.57. The molecule has 0 radical (unpaired) electrons. The summed E-state index contributed by atoms with van der Waals surface area (Å²) in [6, 6.07) is 17.2. The van der Waals surface area contributed by atoms with Gasteiger partial charge in [-0.3, -0.25) is 9.59 Å². The van der Waals surface area contributed by atoms with Gasteiger partial charge in [0, 0.05) is 38.1 Å². The Labute approximate surface area is 233 Å². The van der Waals surface area contributed by atoms with Crippen LogP contribution in [0, 0.1) is 0 Å². The van der Waals surface area contributed by atoms with Crippen LogP contribution in [0.4, 0.5) is 5.69 Å². The molecular formula is C28H25BrCl2N2O4. The number of amides is 2. The van der Waals surface area contributed by atoms with Gasteiger partial charge in [0.1, 0.15) is 16.8 Å². The van der Waals surface area contributed by atoms with Crippen LogP contribution in [0.25, 0.3) is 0 Å². The van der Waals surface area contributed by atoms with E-state index in [1.54, 1.807) is 44.2 Å². The molecule has 1 fully saturated rings. The molecule has 37 heavy (non-hydrogen) atoms. The molecule has 0 aromatic heterocycles. The molecule has 6 nitrogen and oxygen atoms in total. The maximum Gasteiger partial charge on any atom is 0.238 e. The van der Waals surface area contributed by atoms with Gasteiger partial charge in [-0.1, -0.05) is 57.3 Å². The Kier molecular flexibility index (Phi) is 6.77. The zero-order valence-corrected chi connectivity index (χ0v) is 23.2. The van der Waals surface area contributed by atoms with E-state index in [1.807, 2.05) is 30.3 Å². The fourth-order valence-corrected chi connectivity index (χ4v) is 6.19. The van der Waals surface area contributed by atoms with Crippen molar-refractivity contribution in [2.24, 2.45) is 0 Å². The van der Waals surface area contributed by atoms with E-state index in [2.05, 4.69) is 26.6 Å². The van der Waals surface area contributed by atoms with E-state index in [9.17, 15) is 14.7 Å². The van der Waals surface area contributed by atoms with E-state index in [4.69, 9.17) is 27.9 Å². The Morgan fingerprint density at radius 1 is 1.08 bits per heavy atom. The largest absolute Gasteiger partial charge is 0.485 e. The molecule has 2 heterocycles. The number of anilines is 1. The van der Waals surface area contributed by atoms with Crippen molar-refractivity contribution < 1.29 is 19.4 Å². The summed E-state index contributed by atoms with van der Waals surface area (Å²) in [5, 5.41) is 17.0. The standard InChI is InChI=1S/C28H25BrCl2N2O4/c1-27(2,14-34)37-23-9-6-16(29)11-19(23)25-28(20-8-7-18(31)12-22(20)32-26(28)36)21(13-24(35)33-25)15-4-3-5-17(30)10-15/h3-12,21,25,34H,13-14H2,1-2H3,(H,32,36)(H,33,35)/t21-,25+,28-/m0/s1. The molecule has 2 amide bonds. The monoisotopic (exact) mass is 602 g/mol. The van der Waals surface area contributed by atoms with Crippen molar-refractivity contribution in [1.82, 2.24) is 5.32 Å². The number of piperidine rings is 1. The first-order valence-corrected chi connectivity index (χ1v) is 13.4. The fraction of sp³-hybridized carbons (Fsp3) is 0.286. The molecule has 3 atom stereocenters. The first-order chi connectivity index (χ1) is 17.5. The summed E-state index contributed by atoms with van der Waals surface area (Å²) in [7, 11) is 0. The number of rotatable bonds is 5. The number of nitrogens with one attached hydrogen (secondary N) is 2. The minimum absolute atomic E-state index is 0.0820. The van der Waals surface area contributed by atoms with E-state index in [0.29, 0.717) is 27.0 Å². The molecule has 0 unspecified atom stereocenters. The van der Waals surface area contributed by atoms with Crippen LogP contribution in [-0.2, 0) is 15.0 Å². The topological polar surface area (TPSA) is 87.7 Å². The Bertz CT molecular complexity index is 1410. The number of ether oxygens (including phenoxy) is 1. The highest BCUT2D eigenvalue weighted by molar-refractivity contribution is 9.10. The van der Waals surface area contributed by atoms with Gasteiger partial charge in [0.25, 0.3) is 0 Å². The SMILES string of the molecule is CC(C)(CO)Oc1ccc(Br)cc1[C@H]1NC(=O)C[C@@H](c2cccc(Cl)c2)[C@]12C(=O)Nc1cc(Cl)ccc12. The number of benzene rings is 3.